The average Bonchev–Trinajstić information content (AvgIpc) is 2.01. The molecule has 14 heavy (non-hydrogen) atoms. The van der Waals surface area contributed by atoms with E-state index in [1.165, 1.54) is 0 Å². The molecule has 1 aliphatic carbocycles. The molecule has 0 spiro atoms. The van der Waals surface area contributed by atoms with Crippen molar-refractivity contribution in [2.24, 2.45) is 5.92 Å². The summed E-state index contributed by atoms with van der Waals surface area (Å²) < 4.78 is 37.7. The van der Waals surface area contributed by atoms with Gasteiger partial charge in [-0.05, 0) is 12.8 Å². The smallest absolute Gasteiger partial charge is 0.252 e. The van der Waals surface area contributed by atoms with Crippen LogP contribution in [0.5, 0.6) is 0 Å². The number of rotatable bonds is 2. The van der Waals surface area contributed by atoms with Gasteiger partial charge in [0.25, 0.3) is 0 Å². The fourth-order valence-corrected chi connectivity index (χ4v) is 2.01. The molecule has 2 nitrogen and oxygen atoms in total. The van der Waals surface area contributed by atoms with Crippen molar-refractivity contribution < 1.29 is 13.2 Å². The van der Waals surface area contributed by atoms with E-state index in [-0.39, 0.29) is 6.42 Å². The van der Waals surface area contributed by atoms with Crippen molar-refractivity contribution in [1.29, 1.82) is 0 Å². The fourth-order valence-electron chi connectivity index (χ4n) is 2.01. The standard InChI is InChI=1S/C9H17F3N2/c1-14(2)13-8-6-4-3-5-7(8)9(10,11)12/h7-8,13H,3-6H2,1-2H3. The maximum atomic E-state index is 12.6. The summed E-state index contributed by atoms with van der Waals surface area (Å²) in [6.07, 6.45) is -1.61. The number of nitrogens with one attached hydrogen (secondary N) is 1. The van der Waals surface area contributed by atoms with Crippen LogP contribution in [0.1, 0.15) is 25.7 Å². The predicted molar refractivity (Wildman–Crippen MR) is 48.6 cm³/mol. The molecule has 1 rings (SSSR count). The van der Waals surface area contributed by atoms with Crippen LogP contribution in [-0.4, -0.2) is 31.3 Å². The molecule has 0 aromatic heterocycles. The van der Waals surface area contributed by atoms with Gasteiger partial charge in [0, 0.05) is 20.1 Å². The van der Waals surface area contributed by atoms with E-state index in [2.05, 4.69) is 5.43 Å². The van der Waals surface area contributed by atoms with E-state index in [9.17, 15) is 13.2 Å². The van der Waals surface area contributed by atoms with Gasteiger partial charge in [-0.2, -0.15) is 13.2 Å². The molecular weight excluding hydrogens is 193 g/mol. The number of hydrogen-bond donors (Lipinski definition) is 1. The molecule has 1 aliphatic rings. The monoisotopic (exact) mass is 210 g/mol. The van der Waals surface area contributed by atoms with Gasteiger partial charge in [0.2, 0.25) is 0 Å². The molecule has 0 aliphatic heterocycles. The Hall–Kier alpha value is -0.290. The average molecular weight is 210 g/mol. The Labute approximate surface area is 82.4 Å². The van der Waals surface area contributed by atoms with Gasteiger partial charge in [0.1, 0.15) is 0 Å². The van der Waals surface area contributed by atoms with Crippen LogP contribution in [0.15, 0.2) is 0 Å². The van der Waals surface area contributed by atoms with Gasteiger partial charge >= 0.3 is 6.18 Å². The van der Waals surface area contributed by atoms with Crippen molar-refractivity contribution in [2.75, 3.05) is 14.1 Å². The Morgan fingerprint density at radius 1 is 1.14 bits per heavy atom. The van der Waals surface area contributed by atoms with Gasteiger partial charge < -0.3 is 0 Å². The topological polar surface area (TPSA) is 15.3 Å². The second-order valence-corrected chi connectivity index (χ2v) is 4.06. The van der Waals surface area contributed by atoms with Gasteiger partial charge in [-0.3, -0.25) is 10.4 Å². The largest absolute Gasteiger partial charge is 0.393 e. The van der Waals surface area contributed by atoms with Crippen LogP contribution in [0, 0.1) is 5.92 Å². The Bertz CT molecular complexity index is 179. The number of hydrogen-bond acceptors (Lipinski definition) is 2. The van der Waals surface area contributed by atoms with Gasteiger partial charge in [-0.1, -0.05) is 12.8 Å². The van der Waals surface area contributed by atoms with Gasteiger partial charge in [-0.15, -0.1) is 0 Å². The molecule has 0 heterocycles. The van der Waals surface area contributed by atoms with E-state index < -0.39 is 18.1 Å². The molecule has 1 saturated carbocycles. The highest BCUT2D eigenvalue weighted by molar-refractivity contribution is 4.84. The van der Waals surface area contributed by atoms with Crippen LogP contribution in [0.3, 0.4) is 0 Å². The zero-order chi connectivity index (χ0) is 10.8. The highest BCUT2D eigenvalue weighted by Gasteiger charge is 2.45. The zero-order valence-electron chi connectivity index (χ0n) is 8.56. The molecule has 0 radical (unpaired) electrons. The van der Waals surface area contributed by atoms with Crippen LogP contribution in [0.4, 0.5) is 13.2 Å². The zero-order valence-corrected chi connectivity index (χ0v) is 8.56. The molecular formula is C9H17F3N2. The van der Waals surface area contributed by atoms with Gasteiger partial charge in [0.05, 0.1) is 5.92 Å². The van der Waals surface area contributed by atoms with Crippen molar-refractivity contribution in [2.45, 2.75) is 37.9 Å². The summed E-state index contributed by atoms with van der Waals surface area (Å²) in [5.74, 6) is -1.18. The van der Waals surface area contributed by atoms with E-state index in [4.69, 9.17) is 0 Å². The molecule has 1 N–H and O–H groups in total. The van der Waals surface area contributed by atoms with E-state index in [1.807, 2.05) is 0 Å². The normalized spacial score (nSPS) is 29.6. The lowest BCUT2D eigenvalue weighted by Crippen LogP contribution is -2.50. The fraction of sp³-hybridized carbons (Fsp3) is 1.00. The molecule has 2 unspecified atom stereocenters. The SMILES string of the molecule is CN(C)NC1CCCCC1C(F)(F)F. The lowest BCUT2D eigenvalue weighted by Gasteiger charge is -2.35. The molecule has 1 fully saturated rings. The van der Waals surface area contributed by atoms with Crippen molar-refractivity contribution >= 4 is 0 Å². The maximum absolute atomic E-state index is 12.6. The first-order valence-corrected chi connectivity index (χ1v) is 4.91. The summed E-state index contributed by atoms with van der Waals surface area (Å²) in [7, 11) is 3.45. The summed E-state index contributed by atoms with van der Waals surface area (Å²) in [6, 6.07) is -0.446. The summed E-state index contributed by atoms with van der Waals surface area (Å²) >= 11 is 0. The molecule has 0 amide bonds. The minimum absolute atomic E-state index is 0.259. The number of alkyl halides is 3. The summed E-state index contributed by atoms with van der Waals surface area (Å²) in [6.45, 7) is 0. The van der Waals surface area contributed by atoms with Crippen LogP contribution in [0.2, 0.25) is 0 Å². The summed E-state index contributed by atoms with van der Waals surface area (Å²) in [4.78, 5) is 0. The second kappa shape index (κ2) is 4.49. The quantitative estimate of drug-likeness (QED) is 0.703. The highest BCUT2D eigenvalue weighted by atomic mass is 19.4. The third-order valence-corrected chi connectivity index (χ3v) is 2.61. The van der Waals surface area contributed by atoms with E-state index in [0.29, 0.717) is 12.8 Å². The maximum Gasteiger partial charge on any atom is 0.393 e. The Kier molecular flexibility index (Phi) is 3.78. The highest BCUT2D eigenvalue weighted by Crippen LogP contribution is 2.37. The van der Waals surface area contributed by atoms with Crippen LogP contribution >= 0.6 is 0 Å². The van der Waals surface area contributed by atoms with Crippen LogP contribution in [0.25, 0.3) is 0 Å². The van der Waals surface area contributed by atoms with Crippen LogP contribution < -0.4 is 5.43 Å². The second-order valence-electron chi connectivity index (χ2n) is 4.06. The van der Waals surface area contributed by atoms with Crippen LogP contribution in [-0.2, 0) is 0 Å². The lowest BCUT2D eigenvalue weighted by molar-refractivity contribution is -0.192. The van der Waals surface area contributed by atoms with Crippen molar-refractivity contribution in [3.63, 3.8) is 0 Å². The Balaban J connectivity index is 2.59. The number of nitrogens with zero attached hydrogens (tertiary/aromatic N) is 1. The Morgan fingerprint density at radius 2 is 1.71 bits per heavy atom. The minimum atomic E-state index is -4.06. The number of halogens is 3. The molecule has 84 valence electrons. The first kappa shape index (κ1) is 11.8. The summed E-state index contributed by atoms with van der Waals surface area (Å²) in [5.41, 5.74) is 2.85. The van der Waals surface area contributed by atoms with E-state index in [0.717, 1.165) is 6.42 Å². The molecule has 0 bridgehead atoms. The number of hydrazine groups is 1. The van der Waals surface area contributed by atoms with Gasteiger partial charge in [0.15, 0.2) is 0 Å². The molecule has 5 heteroatoms. The first-order valence-electron chi connectivity index (χ1n) is 4.91. The van der Waals surface area contributed by atoms with Crippen molar-refractivity contribution in [1.82, 2.24) is 10.4 Å². The molecule has 2 atom stereocenters. The van der Waals surface area contributed by atoms with E-state index >= 15 is 0 Å². The third-order valence-electron chi connectivity index (χ3n) is 2.61. The predicted octanol–water partition coefficient (Wildman–Crippen LogP) is 2.17. The molecule has 0 aromatic rings. The first-order chi connectivity index (χ1) is 6.41. The molecule has 0 aromatic carbocycles. The van der Waals surface area contributed by atoms with E-state index in [1.54, 1.807) is 19.1 Å². The van der Waals surface area contributed by atoms with Crippen molar-refractivity contribution in [3.8, 4) is 0 Å². The lowest BCUT2D eigenvalue weighted by atomic mass is 9.84. The molecule has 0 saturated heterocycles. The minimum Gasteiger partial charge on any atom is -0.252 e. The summed E-state index contributed by atoms with van der Waals surface area (Å²) in [5, 5.41) is 1.61. The van der Waals surface area contributed by atoms with Gasteiger partial charge in [-0.25, -0.2) is 0 Å². The van der Waals surface area contributed by atoms with Crippen molar-refractivity contribution in [3.05, 3.63) is 0 Å². The Morgan fingerprint density at radius 3 is 2.21 bits per heavy atom. The third kappa shape index (κ3) is 3.13.